The molecule has 2 aliphatic rings. The van der Waals surface area contributed by atoms with E-state index in [1.165, 1.54) is 0 Å². The molecule has 2 aliphatic heterocycles. The van der Waals surface area contributed by atoms with E-state index in [9.17, 15) is 9.90 Å². The highest BCUT2D eigenvalue weighted by molar-refractivity contribution is 5.74. The van der Waals surface area contributed by atoms with Crippen molar-refractivity contribution in [3.63, 3.8) is 0 Å². The van der Waals surface area contributed by atoms with Gasteiger partial charge < -0.3 is 19.7 Å². The smallest absolute Gasteiger partial charge is 0.321 e. The number of aliphatic carboxylic acids is 1. The van der Waals surface area contributed by atoms with Crippen LogP contribution in [-0.2, 0) is 14.3 Å². The number of ether oxygens (including phenoxy) is 2. The summed E-state index contributed by atoms with van der Waals surface area (Å²) in [4.78, 5) is 12.7. The third-order valence-electron chi connectivity index (χ3n) is 3.46. The first kappa shape index (κ1) is 17.4. The molecule has 2 N–H and O–H groups in total. The Morgan fingerprint density at radius 3 is 2.25 bits per heavy atom. The van der Waals surface area contributed by atoms with Crippen LogP contribution in [0.15, 0.2) is 0 Å². The number of aliphatic hydroxyl groups is 1. The Hall–Kier alpha value is -0.690. The summed E-state index contributed by atoms with van der Waals surface area (Å²) in [5.41, 5.74) is 0. The zero-order valence-corrected chi connectivity index (χ0v) is 12.3. The van der Waals surface area contributed by atoms with E-state index in [0.717, 1.165) is 52.2 Å². The zero-order chi connectivity index (χ0) is 14.8. The highest BCUT2D eigenvalue weighted by Crippen LogP contribution is 2.18. The van der Waals surface area contributed by atoms with Gasteiger partial charge in [0.25, 0.3) is 0 Å². The summed E-state index contributed by atoms with van der Waals surface area (Å²) >= 11 is 0. The van der Waals surface area contributed by atoms with Gasteiger partial charge in [-0.3, -0.25) is 9.69 Å². The fraction of sp³-hybridized carbons (Fsp3) is 0.929. The van der Waals surface area contributed by atoms with Crippen LogP contribution < -0.4 is 0 Å². The number of hydrogen-bond donors (Lipinski definition) is 2. The molecule has 2 heterocycles. The average molecular weight is 289 g/mol. The van der Waals surface area contributed by atoms with E-state index in [4.69, 9.17) is 14.6 Å². The Morgan fingerprint density at radius 2 is 1.80 bits per heavy atom. The molecule has 0 unspecified atom stereocenters. The first-order valence-corrected chi connectivity index (χ1v) is 7.45. The molecule has 2 saturated heterocycles. The highest BCUT2D eigenvalue weighted by atomic mass is 16.6. The van der Waals surface area contributed by atoms with Gasteiger partial charge in [0.1, 0.15) is 6.04 Å². The van der Waals surface area contributed by atoms with Crippen LogP contribution >= 0.6 is 0 Å². The Balaban J connectivity index is 0.000000276. The molecule has 6 nitrogen and oxygen atoms in total. The summed E-state index contributed by atoms with van der Waals surface area (Å²) in [6.45, 7) is 6.54. The first-order chi connectivity index (χ1) is 9.65. The van der Waals surface area contributed by atoms with Gasteiger partial charge in [-0.25, -0.2) is 0 Å². The van der Waals surface area contributed by atoms with Gasteiger partial charge in [-0.2, -0.15) is 0 Å². The third-order valence-corrected chi connectivity index (χ3v) is 3.46. The molecule has 2 fully saturated rings. The van der Waals surface area contributed by atoms with Crippen LogP contribution in [0.5, 0.6) is 0 Å². The normalized spacial score (nSPS) is 26.9. The molecule has 0 bridgehead atoms. The van der Waals surface area contributed by atoms with E-state index in [1.54, 1.807) is 0 Å². The summed E-state index contributed by atoms with van der Waals surface area (Å²) in [6.07, 6.45) is 3.19. The molecule has 0 aromatic carbocycles. The standard InChI is InChI=1S/C10H19NO3.C4H8O2/c1-2-3-4-5-11-7-8(12)6-9(11)10(13)14;1-2-6-4-3-5-1/h8-9,12H,2-7H2,1H3,(H,13,14);1-4H2/t8-,9+;/m1./s1. The van der Waals surface area contributed by atoms with Crippen molar-refractivity contribution in [3.8, 4) is 0 Å². The molecule has 0 spiro atoms. The van der Waals surface area contributed by atoms with Crippen molar-refractivity contribution in [1.82, 2.24) is 4.90 Å². The second kappa shape index (κ2) is 10.1. The van der Waals surface area contributed by atoms with Gasteiger partial charge in [0.2, 0.25) is 0 Å². The van der Waals surface area contributed by atoms with Gasteiger partial charge >= 0.3 is 5.97 Å². The number of carbonyl (C=O) groups is 1. The number of likely N-dealkylation sites (tertiary alicyclic amines) is 1. The summed E-state index contributed by atoms with van der Waals surface area (Å²) in [5, 5.41) is 18.3. The van der Waals surface area contributed by atoms with Crippen LogP contribution in [0.25, 0.3) is 0 Å². The molecule has 0 saturated carbocycles. The molecule has 2 atom stereocenters. The third kappa shape index (κ3) is 6.65. The molecule has 20 heavy (non-hydrogen) atoms. The van der Waals surface area contributed by atoms with Gasteiger partial charge in [-0.1, -0.05) is 19.8 Å². The van der Waals surface area contributed by atoms with E-state index in [2.05, 4.69) is 6.92 Å². The number of β-amino-alcohol motifs (C(OH)–C–C–N with tert-alkyl or cyclic N) is 1. The van der Waals surface area contributed by atoms with Crippen molar-refractivity contribution < 1.29 is 24.5 Å². The number of aliphatic hydroxyl groups excluding tert-OH is 1. The van der Waals surface area contributed by atoms with Crippen molar-refractivity contribution in [2.24, 2.45) is 0 Å². The van der Waals surface area contributed by atoms with Crippen LogP contribution in [0.3, 0.4) is 0 Å². The van der Waals surface area contributed by atoms with Crippen molar-refractivity contribution in [2.75, 3.05) is 39.5 Å². The largest absolute Gasteiger partial charge is 0.480 e. The molecular formula is C14H27NO5. The second-order valence-corrected chi connectivity index (χ2v) is 5.17. The molecule has 0 aliphatic carbocycles. The molecule has 0 amide bonds. The Bertz CT molecular complexity index is 259. The van der Waals surface area contributed by atoms with Crippen molar-refractivity contribution in [1.29, 1.82) is 0 Å². The molecule has 6 heteroatoms. The summed E-state index contributed by atoms with van der Waals surface area (Å²) < 4.78 is 9.89. The predicted octanol–water partition coefficient (Wildman–Crippen LogP) is 0.730. The predicted molar refractivity (Wildman–Crippen MR) is 74.8 cm³/mol. The second-order valence-electron chi connectivity index (χ2n) is 5.17. The van der Waals surface area contributed by atoms with Crippen LogP contribution in [0, 0.1) is 0 Å². The number of hydrogen-bond acceptors (Lipinski definition) is 5. The van der Waals surface area contributed by atoms with Crippen LogP contribution in [0.2, 0.25) is 0 Å². The molecule has 2 rings (SSSR count). The quantitative estimate of drug-likeness (QED) is 0.726. The van der Waals surface area contributed by atoms with Crippen molar-refractivity contribution >= 4 is 5.97 Å². The lowest BCUT2D eigenvalue weighted by molar-refractivity contribution is -0.142. The average Bonchev–Trinajstić information content (AvgIpc) is 2.83. The van der Waals surface area contributed by atoms with Gasteiger partial charge in [0, 0.05) is 13.0 Å². The lowest BCUT2D eigenvalue weighted by Gasteiger charge is -2.20. The Kier molecular flexibility index (Phi) is 8.77. The maximum atomic E-state index is 10.8. The number of carboxylic acid groups (broad SMARTS) is 1. The number of unbranched alkanes of at least 4 members (excludes halogenated alkanes) is 2. The zero-order valence-electron chi connectivity index (χ0n) is 12.3. The van der Waals surface area contributed by atoms with Crippen LogP contribution in [-0.4, -0.2) is 72.7 Å². The number of nitrogens with zero attached hydrogens (tertiary/aromatic N) is 1. The van der Waals surface area contributed by atoms with E-state index in [-0.39, 0.29) is 0 Å². The van der Waals surface area contributed by atoms with E-state index in [1.807, 2.05) is 4.90 Å². The number of rotatable bonds is 5. The Labute approximate surface area is 120 Å². The maximum Gasteiger partial charge on any atom is 0.321 e. The summed E-state index contributed by atoms with van der Waals surface area (Å²) in [6, 6.07) is -0.471. The van der Waals surface area contributed by atoms with Gasteiger partial charge in [0.15, 0.2) is 0 Å². The molecular weight excluding hydrogens is 262 g/mol. The van der Waals surface area contributed by atoms with Crippen LogP contribution in [0.1, 0.15) is 32.6 Å². The van der Waals surface area contributed by atoms with Crippen molar-refractivity contribution in [3.05, 3.63) is 0 Å². The summed E-state index contributed by atoms with van der Waals surface area (Å²) in [5.74, 6) is -0.807. The Morgan fingerprint density at radius 1 is 1.20 bits per heavy atom. The van der Waals surface area contributed by atoms with E-state index >= 15 is 0 Å². The maximum absolute atomic E-state index is 10.8. The minimum absolute atomic E-state index is 0.376. The fourth-order valence-corrected chi connectivity index (χ4v) is 2.39. The minimum atomic E-state index is -0.807. The monoisotopic (exact) mass is 289 g/mol. The topological polar surface area (TPSA) is 79.2 Å². The SMILES string of the molecule is C1COCCO1.CCCCCN1C[C@H](O)C[C@H]1C(=O)O. The fourth-order valence-electron chi connectivity index (χ4n) is 2.39. The van der Waals surface area contributed by atoms with Gasteiger partial charge in [0.05, 0.1) is 32.5 Å². The molecule has 0 radical (unpaired) electrons. The molecule has 0 aromatic rings. The van der Waals surface area contributed by atoms with Gasteiger partial charge in [-0.15, -0.1) is 0 Å². The minimum Gasteiger partial charge on any atom is -0.480 e. The first-order valence-electron chi connectivity index (χ1n) is 7.45. The van der Waals surface area contributed by atoms with Crippen molar-refractivity contribution in [2.45, 2.75) is 44.8 Å². The van der Waals surface area contributed by atoms with E-state index in [0.29, 0.717) is 13.0 Å². The lowest BCUT2D eigenvalue weighted by atomic mass is 10.2. The number of carboxylic acids is 1. The summed E-state index contributed by atoms with van der Waals surface area (Å²) in [7, 11) is 0. The molecule has 118 valence electrons. The van der Waals surface area contributed by atoms with Crippen LogP contribution in [0.4, 0.5) is 0 Å². The molecule has 0 aromatic heterocycles. The van der Waals surface area contributed by atoms with Gasteiger partial charge in [-0.05, 0) is 13.0 Å². The van der Waals surface area contributed by atoms with E-state index < -0.39 is 18.1 Å². The lowest BCUT2D eigenvalue weighted by Crippen LogP contribution is -2.36. The highest BCUT2D eigenvalue weighted by Gasteiger charge is 2.35.